The first-order valence-electron chi connectivity index (χ1n) is 13.7. The third-order valence-electron chi connectivity index (χ3n) is 13.1. The Morgan fingerprint density at radius 3 is 2.24 bits per heavy atom. The number of carbonyl (C=O) groups excluding carboxylic acids is 2. The highest BCUT2D eigenvalue weighted by molar-refractivity contribution is 5.86. The van der Waals surface area contributed by atoms with Crippen molar-refractivity contribution >= 4 is 11.7 Å². The van der Waals surface area contributed by atoms with E-state index >= 15 is 0 Å². The molecule has 184 valence electrons. The van der Waals surface area contributed by atoms with Gasteiger partial charge in [0.15, 0.2) is 0 Å². The fraction of sp³-hybridized carbons (Fsp3) is 0.867. The van der Waals surface area contributed by atoms with Gasteiger partial charge in [-0.05, 0) is 97.2 Å². The summed E-state index contributed by atoms with van der Waals surface area (Å²) < 4.78 is 0. The first-order valence-corrected chi connectivity index (χ1v) is 13.7. The molecule has 3 nitrogen and oxygen atoms in total. The van der Waals surface area contributed by atoms with E-state index in [1.807, 2.05) is 0 Å². The molecule has 0 spiro atoms. The lowest BCUT2D eigenvalue weighted by Crippen LogP contribution is -2.65. The second-order valence-electron chi connectivity index (χ2n) is 14.8. The van der Waals surface area contributed by atoms with Crippen LogP contribution in [-0.2, 0) is 9.59 Å². The standard InChI is InChI=1S/C30H47NO2/c1-25(2)12-11-23(32)30(7)21(25)10-13-29(6)22(30)9-8-19-20-18-27(4,24(31)33)15-14-26(20,3)16-17-28(19,29)5/h8,20-22H,9-18H2,1-7H3,(H2,31,33)/t20-,21?,22+,26-,27?,28-,29-,30+/m1/s1. The van der Waals surface area contributed by atoms with Gasteiger partial charge in [0.1, 0.15) is 5.78 Å². The van der Waals surface area contributed by atoms with E-state index in [0.717, 1.165) is 38.5 Å². The number of nitrogens with two attached hydrogens (primary N) is 1. The Kier molecular flexibility index (Phi) is 4.83. The van der Waals surface area contributed by atoms with Gasteiger partial charge in [-0.3, -0.25) is 9.59 Å². The molecule has 5 aliphatic rings. The topological polar surface area (TPSA) is 60.2 Å². The smallest absolute Gasteiger partial charge is 0.223 e. The van der Waals surface area contributed by atoms with E-state index in [2.05, 4.69) is 54.5 Å². The van der Waals surface area contributed by atoms with Gasteiger partial charge < -0.3 is 5.73 Å². The van der Waals surface area contributed by atoms with Crippen LogP contribution in [0, 0.1) is 50.2 Å². The molecule has 5 rings (SSSR count). The van der Waals surface area contributed by atoms with Gasteiger partial charge >= 0.3 is 0 Å². The van der Waals surface area contributed by atoms with Crippen molar-refractivity contribution in [3.8, 4) is 0 Å². The van der Waals surface area contributed by atoms with E-state index in [9.17, 15) is 9.59 Å². The normalized spacial score (nSPS) is 53.1. The second-order valence-corrected chi connectivity index (χ2v) is 14.8. The first kappa shape index (κ1) is 23.6. The van der Waals surface area contributed by atoms with Crippen LogP contribution >= 0.6 is 0 Å². The summed E-state index contributed by atoms with van der Waals surface area (Å²) in [6.07, 6.45) is 13.1. The van der Waals surface area contributed by atoms with Crippen molar-refractivity contribution in [2.75, 3.05) is 0 Å². The van der Waals surface area contributed by atoms with Gasteiger partial charge in [-0.2, -0.15) is 0 Å². The van der Waals surface area contributed by atoms with Crippen LogP contribution in [0.5, 0.6) is 0 Å². The minimum atomic E-state index is -0.395. The van der Waals surface area contributed by atoms with E-state index in [-0.39, 0.29) is 33.0 Å². The summed E-state index contributed by atoms with van der Waals surface area (Å²) in [5, 5.41) is 0. The van der Waals surface area contributed by atoms with Gasteiger partial charge in [-0.15, -0.1) is 0 Å². The molecule has 4 fully saturated rings. The number of allylic oxidation sites excluding steroid dienone is 2. The Morgan fingerprint density at radius 1 is 0.909 bits per heavy atom. The van der Waals surface area contributed by atoms with E-state index in [1.54, 1.807) is 5.57 Å². The zero-order chi connectivity index (χ0) is 24.2. The van der Waals surface area contributed by atoms with Gasteiger partial charge in [0.25, 0.3) is 0 Å². The van der Waals surface area contributed by atoms with Crippen molar-refractivity contribution in [3.05, 3.63) is 11.6 Å². The van der Waals surface area contributed by atoms with Crippen molar-refractivity contribution < 1.29 is 9.59 Å². The highest BCUT2D eigenvalue weighted by Crippen LogP contribution is 2.75. The predicted octanol–water partition coefficient (Wildman–Crippen LogP) is 6.84. The molecule has 2 unspecified atom stereocenters. The molecule has 0 aromatic heterocycles. The monoisotopic (exact) mass is 453 g/mol. The third-order valence-corrected chi connectivity index (χ3v) is 13.1. The molecular weight excluding hydrogens is 406 g/mol. The molecule has 0 bridgehead atoms. The molecule has 3 heteroatoms. The van der Waals surface area contributed by atoms with Crippen LogP contribution in [0.3, 0.4) is 0 Å². The number of fused-ring (bicyclic) bond motifs is 7. The van der Waals surface area contributed by atoms with Crippen LogP contribution in [0.4, 0.5) is 0 Å². The predicted molar refractivity (Wildman–Crippen MR) is 133 cm³/mol. The summed E-state index contributed by atoms with van der Waals surface area (Å²) in [7, 11) is 0. The molecule has 0 heterocycles. The van der Waals surface area contributed by atoms with E-state index in [1.165, 1.54) is 25.7 Å². The zero-order valence-electron chi connectivity index (χ0n) is 22.3. The van der Waals surface area contributed by atoms with Gasteiger partial charge in [0.05, 0.1) is 0 Å². The molecule has 8 atom stereocenters. The summed E-state index contributed by atoms with van der Waals surface area (Å²) in [5.41, 5.74) is 7.69. The molecule has 4 saturated carbocycles. The molecule has 5 aliphatic carbocycles. The van der Waals surface area contributed by atoms with Crippen LogP contribution in [0.15, 0.2) is 11.6 Å². The maximum Gasteiger partial charge on any atom is 0.223 e. The Hall–Kier alpha value is -1.12. The maximum absolute atomic E-state index is 13.7. The quantitative estimate of drug-likeness (QED) is 0.442. The van der Waals surface area contributed by atoms with Gasteiger partial charge in [0, 0.05) is 17.3 Å². The van der Waals surface area contributed by atoms with Crippen LogP contribution in [0.1, 0.15) is 113 Å². The summed E-state index contributed by atoms with van der Waals surface area (Å²) in [6, 6.07) is 0. The average Bonchev–Trinajstić information content (AvgIpc) is 2.73. The highest BCUT2D eigenvalue weighted by atomic mass is 16.1. The van der Waals surface area contributed by atoms with Crippen molar-refractivity contribution in [2.24, 2.45) is 56.0 Å². The second kappa shape index (κ2) is 6.76. The fourth-order valence-corrected chi connectivity index (χ4v) is 10.3. The Labute approximate surface area is 201 Å². The van der Waals surface area contributed by atoms with Crippen LogP contribution in [0.25, 0.3) is 0 Å². The van der Waals surface area contributed by atoms with Crippen molar-refractivity contribution in [1.29, 1.82) is 0 Å². The lowest BCUT2D eigenvalue weighted by Gasteiger charge is -2.70. The first-order chi connectivity index (χ1) is 15.1. The Bertz CT molecular complexity index is 934. The van der Waals surface area contributed by atoms with E-state index < -0.39 is 5.41 Å². The van der Waals surface area contributed by atoms with Crippen LogP contribution in [0.2, 0.25) is 0 Å². The summed E-state index contributed by atoms with van der Waals surface area (Å²) in [4.78, 5) is 26.1. The largest absolute Gasteiger partial charge is 0.369 e. The maximum atomic E-state index is 13.7. The summed E-state index contributed by atoms with van der Waals surface area (Å²) in [6.45, 7) is 16.8. The van der Waals surface area contributed by atoms with Crippen molar-refractivity contribution in [3.63, 3.8) is 0 Å². The minimum Gasteiger partial charge on any atom is -0.369 e. The molecule has 0 aromatic rings. The van der Waals surface area contributed by atoms with Crippen LogP contribution < -0.4 is 5.73 Å². The third kappa shape index (κ3) is 2.80. The molecule has 33 heavy (non-hydrogen) atoms. The summed E-state index contributed by atoms with van der Waals surface area (Å²) >= 11 is 0. The molecule has 1 amide bonds. The minimum absolute atomic E-state index is 0.103. The lowest BCUT2D eigenvalue weighted by atomic mass is 9.33. The molecule has 0 radical (unpaired) electrons. The molecular formula is C30H47NO2. The SMILES string of the molecule is CC1(C(N)=O)CC[C@]2(C)CC[C@]3(C)C(=CC[C@@H]4[C@@]5(C)C(=O)CCC(C)(C)C5CC[C@]43C)[C@H]2C1. The van der Waals surface area contributed by atoms with E-state index in [0.29, 0.717) is 23.5 Å². The Balaban J connectivity index is 1.60. The fourth-order valence-electron chi connectivity index (χ4n) is 10.3. The molecule has 2 N–H and O–H groups in total. The van der Waals surface area contributed by atoms with Crippen LogP contribution in [-0.4, -0.2) is 11.7 Å². The highest BCUT2D eigenvalue weighted by Gasteiger charge is 2.69. The number of amides is 1. The number of hydrogen-bond donors (Lipinski definition) is 1. The Morgan fingerprint density at radius 2 is 1.58 bits per heavy atom. The summed E-state index contributed by atoms with van der Waals surface area (Å²) in [5.74, 6) is 1.75. The van der Waals surface area contributed by atoms with Gasteiger partial charge in [-0.1, -0.05) is 60.1 Å². The van der Waals surface area contributed by atoms with Gasteiger partial charge in [0.2, 0.25) is 5.91 Å². The van der Waals surface area contributed by atoms with Gasteiger partial charge in [-0.25, -0.2) is 0 Å². The van der Waals surface area contributed by atoms with E-state index in [4.69, 9.17) is 5.73 Å². The number of rotatable bonds is 1. The molecule has 0 aliphatic heterocycles. The number of Topliss-reactive ketones (excluding diaryl/α,β-unsaturated/α-hetero) is 1. The van der Waals surface area contributed by atoms with Crippen molar-refractivity contribution in [1.82, 2.24) is 0 Å². The zero-order valence-corrected chi connectivity index (χ0v) is 22.3. The molecule has 0 aromatic carbocycles. The number of carbonyl (C=O) groups is 2. The molecule has 0 saturated heterocycles. The average molecular weight is 454 g/mol. The number of ketones is 1. The number of hydrogen-bond acceptors (Lipinski definition) is 2. The number of primary amides is 1. The lowest BCUT2D eigenvalue weighted by molar-refractivity contribution is -0.186. The van der Waals surface area contributed by atoms with Crippen molar-refractivity contribution in [2.45, 2.75) is 113 Å².